The van der Waals surface area contributed by atoms with Gasteiger partial charge in [-0.1, -0.05) is 37.1 Å². The SMILES string of the molecule is O=C(OCC1CC=CCC1)C1CCCCC1C(=O)OCC1CC=CCC1. The van der Waals surface area contributed by atoms with Gasteiger partial charge in [-0.25, -0.2) is 0 Å². The monoisotopic (exact) mass is 360 g/mol. The van der Waals surface area contributed by atoms with Gasteiger partial charge in [0.25, 0.3) is 0 Å². The molecule has 4 heteroatoms. The summed E-state index contributed by atoms with van der Waals surface area (Å²) in [4.78, 5) is 25.2. The van der Waals surface area contributed by atoms with Crippen molar-refractivity contribution >= 4 is 11.9 Å². The average Bonchev–Trinajstić information content (AvgIpc) is 2.72. The Kier molecular flexibility index (Phi) is 7.33. The Labute approximate surface area is 157 Å². The van der Waals surface area contributed by atoms with E-state index >= 15 is 0 Å². The van der Waals surface area contributed by atoms with Gasteiger partial charge < -0.3 is 9.47 Å². The van der Waals surface area contributed by atoms with Crippen molar-refractivity contribution in [3.05, 3.63) is 24.3 Å². The summed E-state index contributed by atoms with van der Waals surface area (Å²) in [6.45, 7) is 0.964. The fraction of sp³-hybridized carbons (Fsp3) is 0.727. The lowest BCUT2D eigenvalue weighted by Crippen LogP contribution is -2.36. The van der Waals surface area contributed by atoms with Crippen molar-refractivity contribution in [2.24, 2.45) is 23.7 Å². The summed E-state index contributed by atoms with van der Waals surface area (Å²) in [6.07, 6.45) is 18.4. The zero-order valence-electron chi connectivity index (χ0n) is 15.7. The predicted molar refractivity (Wildman–Crippen MR) is 100 cm³/mol. The van der Waals surface area contributed by atoms with E-state index in [1.807, 2.05) is 0 Å². The van der Waals surface area contributed by atoms with Crippen molar-refractivity contribution in [3.63, 3.8) is 0 Å². The molecular weight excluding hydrogens is 328 g/mol. The second-order valence-electron chi connectivity index (χ2n) is 8.06. The number of ether oxygens (including phenoxy) is 2. The summed E-state index contributed by atoms with van der Waals surface area (Å²) in [5.74, 6) is -0.165. The van der Waals surface area contributed by atoms with E-state index in [2.05, 4.69) is 24.3 Å². The molecule has 1 fully saturated rings. The Morgan fingerprint density at radius 2 is 1.15 bits per heavy atom. The Morgan fingerprint density at radius 1 is 0.692 bits per heavy atom. The van der Waals surface area contributed by atoms with E-state index in [1.165, 1.54) is 0 Å². The molecule has 0 aliphatic heterocycles. The molecule has 26 heavy (non-hydrogen) atoms. The quantitative estimate of drug-likeness (QED) is 0.513. The van der Waals surface area contributed by atoms with Crippen LogP contribution in [0.1, 0.15) is 64.2 Å². The number of rotatable bonds is 6. The van der Waals surface area contributed by atoms with Gasteiger partial charge in [0.1, 0.15) is 0 Å². The summed E-state index contributed by atoms with van der Waals surface area (Å²) in [7, 11) is 0. The van der Waals surface area contributed by atoms with E-state index in [4.69, 9.17) is 9.47 Å². The molecule has 0 amide bonds. The molecule has 3 aliphatic carbocycles. The molecule has 4 atom stereocenters. The largest absolute Gasteiger partial charge is 0.465 e. The third kappa shape index (κ3) is 5.46. The maximum Gasteiger partial charge on any atom is 0.309 e. The molecule has 0 spiro atoms. The summed E-state index contributed by atoms with van der Waals surface area (Å²) >= 11 is 0. The van der Waals surface area contributed by atoms with Crippen molar-refractivity contribution < 1.29 is 19.1 Å². The minimum atomic E-state index is -0.318. The zero-order valence-corrected chi connectivity index (χ0v) is 15.7. The molecule has 0 aromatic carbocycles. The second kappa shape index (κ2) is 9.94. The summed E-state index contributed by atoms with van der Waals surface area (Å²) in [5, 5.41) is 0. The van der Waals surface area contributed by atoms with Crippen LogP contribution in [0.25, 0.3) is 0 Å². The normalized spacial score (nSPS) is 31.4. The zero-order chi connectivity index (χ0) is 18.2. The molecule has 3 rings (SSSR count). The Balaban J connectivity index is 1.47. The molecule has 0 saturated heterocycles. The van der Waals surface area contributed by atoms with Gasteiger partial charge in [-0.15, -0.1) is 0 Å². The maximum absolute atomic E-state index is 12.6. The van der Waals surface area contributed by atoms with Gasteiger partial charge in [0.15, 0.2) is 0 Å². The molecule has 3 aliphatic rings. The van der Waals surface area contributed by atoms with E-state index in [0.29, 0.717) is 25.0 Å². The van der Waals surface area contributed by atoms with E-state index in [1.54, 1.807) is 0 Å². The minimum absolute atomic E-state index is 0.193. The number of hydrogen-bond donors (Lipinski definition) is 0. The first-order valence-corrected chi connectivity index (χ1v) is 10.4. The lowest BCUT2D eigenvalue weighted by molar-refractivity contribution is -0.164. The van der Waals surface area contributed by atoms with Crippen LogP contribution in [-0.2, 0) is 19.1 Å². The molecular formula is C22H32O4. The van der Waals surface area contributed by atoms with Crippen molar-refractivity contribution in [3.8, 4) is 0 Å². The molecule has 0 bridgehead atoms. The average molecular weight is 360 g/mol. The third-order valence-electron chi connectivity index (χ3n) is 6.05. The van der Waals surface area contributed by atoms with E-state index in [0.717, 1.165) is 64.2 Å². The number of carbonyl (C=O) groups is 2. The predicted octanol–water partition coefficient (Wildman–Crippen LogP) is 4.59. The number of hydrogen-bond acceptors (Lipinski definition) is 4. The van der Waals surface area contributed by atoms with Crippen LogP contribution in [0.15, 0.2) is 24.3 Å². The van der Waals surface area contributed by atoms with E-state index < -0.39 is 0 Å². The first kappa shape index (κ1) is 19.2. The summed E-state index contributed by atoms with van der Waals surface area (Å²) in [5.41, 5.74) is 0. The van der Waals surface area contributed by atoms with Crippen molar-refractivity contribution in [1.82, 2.24) is 0 Å². The molecule has 0 N–H and O–H groups in total. The molecule has 144 valence electrons. The van der Waals surface area contributed by atoms with Crippen LogP contribution < -0.4 is 0 Å². The second-order valence-corrected chi connectivity index (χ2v) is 8.06. The number of esters is 2. The first-order chi connectivity index (χ1) is 12.7. The van der Waals surface area contributed by atoms with Crippen molar-refractivity contribution in [1.29, 1.82) is 0 Å². The van der Waals surface area contributed by atoms with Gasteiger partial charge in [-0.2, -0.15) is 0 Å². The number of allylic oxidation sites excluding steroid dienone is 4. The molecule has 0 heterocycles. The topological polar surface area (TPSA) is 52.6 Å². The fourth-order valence-electron chi connectivity index (χ4n) is 4.32. The molecule has 0 radical (unpaired) electrons. The van der Waals surface area contributed by atoms with Crippen molar-refractivity contribution in [2.45, 2.75) is 64.2 Å². The van der Waals surface area contributed by atoms with Crippen LogP contribution in [0, 0.1) is 23.7 Å². The highest BCUT2D eigenvalue weighted by atomic mass is 16.5. The lowest BCUT2D eigenvalue weighted by Gasteiger charge is -2.29. The smallest absolute Gasteiger partial charge is 0.309 e. The highest BCUT2D eigenvalue weighted by Gasteiger charge is 2.38. The highest BCUT2D eigenvalue weighted by Crippen LogP contribution is 2.33. The van der Waals surface area contributed by atoms with Crippen LogP contribution >= 0.6 is 0 Å². The first-order valence-electron chi connectivity index (χ1n) is 10.4. The molecule has 4 unspecified atom stereocenters. The van der Waals surface area contributed by atoms with Gasteiger partial charge in [0.05, 0.1) is 25.0 Å². The molecule has 1 saturated carbocycles. The summed E-state index contributed by atoms with van der Waals surface area (Å²) < 4.78 is 11.2. The number of carbonyl (C=O) groups excluding carboxylic acids is 2. The van der Waals surface area contributed by atoms with Crippen LogP contribution in [-0.4, -0.2) is 25.2 Å². The van der Waals surface area contributed by atoms with Crippen LogP contribution in [0.3, 0.4) is 0 Å². The van der Waals surface area contributed by atoms with Crippen LogP contribution in [0.4, 0.5) is 0 Å². The highest BCUT2D eigenvalue weighted by molar-refractivity contribution is 5.82. The summed E-state index contributed by atoms with van der Waals surface area (Å²) in [6, 6.07) is 0. The molecule has 4 nitrogen and oxygen atoms in total. The van der Waals surface area contributed by atoms with Gasteiger partial charge in [-0.3, -0.25) is 9.59 Å². The van der Waals surface area contributed by atoms with Gasteiger partial charge in [0.2, 0.25) is 0 Å². The van der Waals surface area contributed by atoms with Gasteiger partial charge in [0, 0.05) is 0 Å². The molecule has 0 aromatic heterocycles. The van der Waals surface area contributed by atoms with Crippen LogP contribution in [0.5, 0.6) is 0 Å². The van der Waals surface area contributed by atoms with E-state index in [9.17, 15) is 9.59 Å². The molecule has 0 aromatic rings. The Morgan fingerprint density at radius 3 is 1.54 bits per heavy atom. The lowest BCUT2D eigenvalue weighted by atomic mass is 9.79. The minimum Gasteiger partial charge on any atom is -0.465 e. The van der Waals surface area contributed by atoms with Gasteiger partial charge >= 0.3 is 11.9 Å². The van der Waals surface area contributed by atoms with Crippen LogP contribution in [0.2, 0.25) is 0 Å². The maximum atomic E-state index is 12.6. The van der Waals surface area contributed by atoms with E-state index in [-0.39, 0.29) is 23.8 Å². The Hall–Kier alpha value is -1.58. The fourth-order valence-corrected chi connectivity index (χ4v) is 4.32. The standard InChI is InChI=1S/C22H32O4/c23-21(25-15-17-9-3-1-4-10-17)19-13-7-8-14-20(19)22(24)26-16-18-11-5-2-6-12-18/h1-3,5,17-20H,4,6-16H2. The van der Waals surface area contributed by atoms with Gasteiger partial charge in [-0.05, 0) is 63.2 Å². The van der Waals surface area contributed by atoms with Crippen molar-refractivity contribution in [2.75, 3.05) is 13.2 Å². The third-order valence-corrected chi connectivity index (χ3v) is 6.05. The Bertz CT molecular complexity index is 488.